The van der Waals surface area contributed by atoms with Crippen LogP contribution < -0.4 is 0 Å². The van der Waals surface area contributed by atoms with Crippen LogP contribution in [0.15, 0.2) is 60.7 Å². The molecule has 0 aliphatic rings. The number of carbonyl (C=O) groups excluding carboxylic acids is 1. The number of hydrogen-bond donors (Lipinski definition) is 0. The highest BCUT2D eigenvalue weighted by atomic mass is 35.5. The maximum absolute atomic E-state index is 13.4. The molecule has 0 aliphatic heterocycles. The largest absolute Gasteiger partial charge is 0.449 e. The van der Waals surface area contributed by atoms with Gasteiger partial charge in [0, 0.05) is 10.6 Å². The second kappa shape index (κ2) is 6.55. The van der Waals surface area contributed by atoms with Crippen LogP contribution in [0.4, 0.5) is 4.39 Å². The lowest BCUT2D eigenvalue weighted by Gasteiger charge is -2.19. The van der Waals surface area contributed by atoms with Gasteiger partial charge >= 0.3 is 5.97 Å². The fourth-order valence-corrected chi connectivity index (χ4v) is 2.07. The van der Waals surface area contributed by atoms with Crippen molar-refractivity contribution in [1.29, 1.82) is 0 Å². The van der Waals surface area contributed by atoms with Gasteiger partial charge in [0.2, 0.25) is 0 Å². The maximum Gasteiger partial charge on any atom is 0.334 e. The number of rotatable bonds is 4. The number of hydrogen-bond acceptors (Lipinski definition) is 2. The van der Waals surface area contributed by atoms with Gasteiger partial charge in [0.25, 0.3) is 0 Å². The lowest BCUT2D eigenvalue weighted by Crippen LogP contribution is -2.13. The summed E-state index contributed by atoms with van der Waals surface area (Å²) in [5.41, 5.74) is 1.48. The Bertz CT molecular complexity index is 636. The van der Waals surface area contributed by atoms with Crippen molar-refractivity contribution in [3.05, 3.63) is 82.6 Å². The first-order valence-electron chi connectivity index (χ1n) is 6.35. The molecule has 2 nitrogen and oxygen atoms in total. The fraction of sp³-hybridized carbons (Fsp3) is 0.118. The van der Waals surface area contributed by atoms with Crippen LogP contribution in [0.25, 0.3) is 0 Å². The fourth-order valence-electron chi connectivity index (χ4n) is 1.88. The van der Waals surface area contributed by atoms with Crippen LogP contribution in [0.1, 0.15) is 24.2 Å². The summed E-state index contributed by atoms with van der Waals surface area (Å²) in [5, 5.41) is 0.514. The molecule has 0 fully saturated rings. The smallest absolute Gasteiger partial charge is 0.334 e. The molecular formula is C17H14ClFO2. The Hall–Kier alpha value is -2.13. The standard InChI is InChI=1S/C17H14ClFO2/c1-11(2)17(20)21-16(12-5-3-7-14(18)9-12)13-6-4-8-15(19)10-13/h3-10,16H,1H2,2H3. The molecule has 0 aliphatic carbocycles. The van der Waals surface area contributed by atoms with E-state index in [1.54, 1.807) is 43.3 Å². The molecule has 2 rings (SSSR count). The molecule has 1 unspecified atom stereocenters. The Morgan fingerprint density at radius 2 is 1.81 bits per heavy atom. The molecule has 0 bridgehead atoms. The van der Waals surface area contributed by atoms with Gasteiger partial charge in [-0.15, -0.1) is 0 Å². The number of carbonyl (C=O) groups is 1. The van der Waals surface area contributed by atoms with Gasteiger partial charge in [-0.2, -0.15) is 0 Å². The van der Waals surface area contributed by atoms with Crippen LogP contribution in [0.3, 0.4) is 0 Å². The van der Waals surface area contributed by atoms with E-state index in [4.69, 9.17) is 16.3 Å². The van der Waals surface area contributed by atoms with E-state index in [2.05, 4.69) is 6.58 Å². The van der Waals surface area contributed by atoms with Crippen LogP contribution in [-0.4, -0.2) is 5.97 Å². The Morgan fingerprint density at radius 1 is 1.19 bits per heavy atom. The molecule has 2 aromatic rings. The average Bonchev–Trinajstić information content (AvgIpc) is 2.44. The minimum atomic E-state index is -0.733. The van der Waals surface area contributed by atoms with E-state index in [1.807, 2.05) is 0 Å². The molecule has 0 spiro atoms. The molecule has 21 heavy (non-hydrogen) atoms. The van der Waals surface area contributed by atoms with Gasteiger partial charge in [-0.05, 0) is 42.3 Å². The van der Waals surface area contributed by atoms with Crippen LogP contribution in [0.2, 0.25) is 5.02 Å². The first-order valence-corrected chi connectivity index (χ1v) is 6.72. The van der Waals surface area contributed by atoms with Crippen molar-refractivity contribution in [2.75, 3.05) is 0 Å². The summed E-state index contributed by atoms with van der Waals surface area (Å²) >= 11 is 5.97. The van der Waals surface area contributed by atoms with Gasteiger partial charge in [0.05, 0.1) is 0 Å². The topological polar surface area (TPSA) is 26.3 Å². The van der Waals surface area contributed by atoms with Crippen molar-refractivity contribution < 1.29 is 13.9 Å². The quantitative estimate of drug-likeness (QED) is 0.605. The number of esters is 1. The van der Waals surface area contributed by atoms with E-state index in [0.717, 1.165) is 0 Å². The van der Waals surface area contributed by atoms with E-state index >= 15 is 0 Å². The lowest BCUT2D eigenvalue weighted by atomic mass is 10.0. The predicted octanol–water partition coefficient (Wildman–Crippen LogP) is 4.69. The zero-order valence-electron chi connectivity index (χ0n) is 11.5. The third kappa shape index (κ3) is 3.92. The zero-order chi connectivity index (χ0) is 15.4. The van der Waals surface area contributed by atoms with Gasteiger partial charge in [0.1, 0.15) is 5.82 Å². The number of ether oxygens (including phenoxy) is 1. The van der Waals surface area contributed by atoms with Gasteiger partial charge in [-0.25, -0.2) is 9.18 Å². The lowest BCUT2D eigenvalue weighted by molar-refractivity contribution is -0.142. The Balaban J connectivity index is 2.44. The van der Waals surface area contributed by atoms with Crippen molar-refractivity contribution in [1.82, 2.24) is 0 Å². The Morgan fingerprint density at radius 3 is 2.38 bits per heavy atom. The molecule has 0 saturated carbocycles. The molecule has 2 aromatic carbocycles. The highest BCUT2D eigenvalue weighted by Crippen LogP contribution is 2.29. The summed E-state index contributed by atoms with van der Waals surface area (Å²) in [6, 6.07) is 12.8. The molecule has 4 heteroatoms. The number of halogens is 2. The van der Waals surface area contributed by atoms with Crippen LogP contribution in [0, 0.1) is 5.82 Å². The van der Waals surface area contributed by atoms with Crippen LogP contribution >= 0.6 is 11.6 Å². The molecule has 0 N–H and O–H groups in total. The van der Waals surface area contributed by atoms with Gasteiger partial charge < -0.3 is 4.74 Å². The van der Waals surface area contributed by atoms with E-state index in [9.17, 15) is 9.18 Å². The van der Waals surface area contributed by atoms with E-state index in [0.29, 0.717) is 16.1 Å². The molecule has 0 radical (unpaired) electrons. The normalized spacial score (nSPS) is 11.8. The molecule has 0 amide bonds. The second-order valence-electron chi connectivity index (χ2n) is 4.68. The third-order valence-corrected chi connectivity index (χ3v) is 3.11. The first-order chi connectivity index (χ1) is 9.97. The maximum atomic E-state index is 13.4. The summed E-state index contributed by atoms with van der Waals surface area (Å²) in [5.74, 6) is -0.935. The number of benzene rings is 2. The van der Waals surface area contributed by atoms with E-state index < -0.39 is 17.9 Å². The van der Waals surface area contributed by atoms with Crippen molar-refractivity contribution in [3.63, 3.8) is 0 Å². The Labute approximate surface area is 127 Å². The molecule has 0 heterocycles. The second-order valence-corrected chi connectivity index (χ2v) is 5.11. The molecule has 108 valence electrons. The van der Waals surface area contributed by atoms with Gasteiger partial charge in [0.15, 0.2) is 6.10 Å². The predicted molar refractivity (Wildman–Crippen MR) is 80.6 cm³/mol. The average molecular weight is 305 g/mol. The van der Waals surface area contributed by atoms with Crippen molar-refractivity contribution >= 4 is 17.6 Å². The van der Waals surface area contributed by atoms with Crippen molar-refractivity contribution in [2.24, 2.45) is 0 Å². The highest BCUT2D eigenvalue weighted by Gasteiger charge is 2.20. The summed E-state index contributed by atoms with van der Waals surface area (Å²) in [7, 11) is 0. The first kappa shape index (κ1) is 15.3. The molecule has 0 saturated heterocycles. The summed E-state index contributed by atoms with van der Waals surface area (Å²) in [6.07, 6.45) is -0.733. The summed E-state index contributed by atoms with van der Waals surface area (Å²) < 4.78 is 18.9. The van der Waals surface area contributed by atoms with Crippen molar-refractivity contribution in [2.45, 2.75) is 13.0 Å². The minimum absolute atomic E-state index is 0.276. The van der Waals surface area contributed by atoms with E-state index in [1.165, 1.54) is 12.1 Å². The molecular weight excluding hydrogens is 291 g/mol. The van der Waals surface area contributed by atoms with Crippen molar-refractivity contribution in [3.8, 4) is 0 Å². The monoisotopic (exact) mass is 304 g/mol. The van der Waals surface area contributed by atoms with Crippen LogP contribution in [0.5, 0.6) is 0 Å². The highest BCUT2D eigenvalue weighted by molar-refractivity contribution is 6.30. The van der Waals surface area contributed by atoms with E-state index in [-0.39, 0.29) is 5.57 Å². The minimum Gasteiger partial charge on any atom is -0.449 e. The summed E-state index contributed by atoms with van der Waals surface area (Å²) in [6.45, 7) is 5.11. The molecule has 0 aromatic heterocycles. The van der Waals surface area contributed by atoms with Gasteiger partial charge in [-0.3, -0.25) is 0 Å². The van der Waals surface area contributed by atoms with Gasteiger partial charge in [-0.1, -0.05) is 42.4 Å². The SMILES string of the molecule is C=C(C)C(=O)OC(c1cccc(F)c1)c1cccc(Cl)c1. The zero-order valence-corrected chi connectivity index (χ0v) is 12.2. The Kier molecular flexibility index (Phi) is 4.76. The van der Waals surface area contributed by atoms with Crippen LogP contribution in [-0.2, 0) is 9.53 Å². The summed E-state index contributed by atoms with van der Waals surface area (Å²) in [4.78, 5) is 11.8. The molecule has 1 atom stereocenters. The third-order valence-electron chi connectivity index (χ3n) is 2.88.